The van der Waals surface area contributed by atoms with E-state index in [9.17, 15) is 18.0 Å². The lowest BCUT2D eigenvalue weighted by Gasteiger charge is -2.13. The van der Waals surface area contributed by atoms with Crippen LogP contribution < -0.4 is 20.1 Å². The summed E-state index contributed by atoms with van der Waals surface area (Å²) in [6, 6.07) is 11.6. The van der Waals surface area contributed by atoms with E-state index in [0.717, 1.165) is 18.4 Å². The number of nitrogens with one attached hydrogen (secondary N) is 3. The smallest absolute Gasteiger partial charge is 0.240 e. The molecule has 2 aromatic carbocycles. The number of sulfonamides is 1. The van der Waals surface area contributed by atoms with E-state index in [1.165, 1.54) is 14.0 Å². The maximum atomic E-state index is 12.4. The Morgan fingerprint density at radius 1 is 1.03 bits per heavy atom. The van der Waals surface area contributed by atoms with Crippen LogP contribution in [0.5, 0.6) is 5.75 Å². The van der Waals surface area contributed by atoms with E-state index < -0.39 is 10.0 Å². The van der Waals surface area contributed by atoms with Gasteiger partial charge in [0, 0.05) is 25.5 Å². The highest BCUT2D eigenvalue weighted by Crippen LogP contribution is 2.27. The van der Waals surface area contributed by atoms with Crippen LogP contribution in [-0.4, -0.2) is 33.4 Å². The van der Waals surface area contributed by atoms with Crippen molar-refractivity contribution in [2.75, 3.05) is 17.7 Å². The lowest BCUT2D eigenvalue weighted by Crippen LogP contribution is -2.25. The Morgan fingerprint density at radius 2 is 1.73 bits per heavy atom. The van der Waals surface area contributed by atoms with Crippen molar-refractivity contribution in [3.05, 3.63) is 48.0 Å². The Morgan fingerprint density at radius 3 is 2.33 bits per heavy atom. The number of aryl methyl sites for hydroxylation is 1. The number of benzene rings is 2. The molecule has 0 atom stereocenters. The molecule has 8 nitrogen and oxygen atoms in total. The Balaban J connectivity index is 1.60. The standard InChI is InChI=1S/C21H25N3O5S/c1-14(25)22-19-11-8-17(29-2)13-20(19)23-21(26)12-5-15-3-9-18(10-4-15)30(27,28)24-16-6-7-16/h3-4,8-11,13,16,24H,5-7,12H2,1-2H3,(H,22,25)(H,23,26). The van der Waals surface area contributed by atoms with Crippen LogP contribution >= 0.6 is 0 Å². The fourth-order valence-corrected chi connectivity index (χ4v) is 4.15. The number of ether oxygens (including phenoxy) is 1. The van der Waals surface area contributed by atoms with Crippen LogP contribution in [0.3, 0.4) is 0 Å². The van der Waals surface area contributed by atoms with Gasteiger partial charge >= 0.3 is 0 Å². The van der Waals surface area contributed by atoms with Crippen LogP contribution in [0.1, 0.15) is 31.7 Å². The number of amides is 2. The van der Waals surface area contributed by atoms with Crippen LogP contribution in [0, 0.1) is 0 Å². The summed E-state index contributed by atoms with van der Waals surface area (Å²) in [7, 11) is -1.97. The van der Waals surface area contributed by atoms with Gasteiger partial charge in [-0.3, -0.25) is 9.59 Å². The Hall–Kier alpha value is -2.91. The molecule has 0 bridgehead atoms. The third kappa shape index (κ3) is 6.04. The lowest BCUT2D eigenvalue weighted by atomic mass is 10.1. The first-order chi connectivity index (χ1) is 14.3. The van der Waals surface area contributed by atoms with Crippen molar-refractivity contribution in [1.29, 1.82) is 0 Å². The number of rotatable bonds is 9. The fraction of sp³-hybridized carbons (Fsp3) is 0.333. The summed E-state index contributed by atoms with van der Waals surface area (Å²) in [4.78, 5) is 24.0. The van der Waals surface area contributed by atoms with Gasteiger partial charge in [0.15, 0.2) is 0 Å². The summed E-state index contributed by atoms with van der Waals surface area (Å²) < 4.78 is 32.2. The molecule has 1 aliphatic rings. The topological polar surface area (TPSA) is 114 Å². The van der Waals surface area contributed by atoms with E-state index in [1.807, 2.05) is 0 Å². The second-order valence-corrected chi connectivity index (χ2v) is 8.89. The van der Waals surface area contributed by atoms with Gasteiger partial charge in [-0.15, -0.1) is 0 Å². The molecule has 1 saturated carbocycles. The number of hydrogen-bond acceptors (Lipinski definition) is 5. The molecular weight excluding hydrogens is 406 g/mol. The highest BCUT2D eigenvalue weighted by molar-refractivity contribution is 7.89. The van der Waals surface area contributed by atoms with Crippen LogP contribution in [0.15, 0.2) is 47.4 Å². The van der Waals surface area contributed by atoms with E-state index in [0.29, 0.717) is 23.5 Å². The van der Waals surface area contributed by atoms with Crippen molar-refractivity contribution in [1.82, 2.24) is 4.72 Å². The molecule has 0 spiro atoms. The molecule has 0 aliphatic heterocycles. The predicted octanol–water partition coefficient (Wildman–Crippen LogP) is 2.67. The normalized spacial score (nSPS) is 13.5. The lowest BCUT2D eigenvalue weighted by molar-refractivity contribution is -0.116. The Kier molecular flexibility index (Phi) is 6.73. The van der Waals surface area contributed by atoms with Gasteiger partial charge in [-0.2, -0.15) is 0 Å². The van der Waals surface area contributed by atoms with Crippen molar-refractivity contribution in [2.45, 2.75) is 43.5 Å². The van der Waals surface area contributed by atoms with E-state index in [2.05, 4.69) is 15.4 Å². The first-order valence-electron chi connectivity index (χ1n) is 9.63. The molecule has 3 rings (SSSR count). The number of anilines is 2. The van der Waals surface area contributed by atoms with Crippen molar-refractivity contribution in [3.63, 3.8) is 0 Å². The molecule has 2 amide bonds. The van der Waals surface area contributed by atoms with Crippen LogP contribution in [0.25, 0.3) is 0 Å². The molecule has 9 heteroatoms. The van der Waals surface area contributed by atoms with Crippen molar-refractivity contribution >= 4 is 33.2 Å². The molecule has 0 radical (unpaired) electrons. The second-order valence-electron chi connectivity index (χ2n) is 7.18. The molecule has 0 saturated heterocycles. The van der Waals surface area contributed by atoms with Gasteiger partial charge in [-0.1, -0.05) is 12.1 Å². The number of carbonyl (C=O) groups excluding carboxylic acids is 2. The van der Waals surface area contributed by atoms with E-state index >= 15 is 0 Å². The fourth-order valence-electron chi connectivity index (χ4n) is 2.85. The monoisotopic (exact) mass is 431 g/mol. The van der Waals surface area contributed by atoms with Gasteiger partial charge in [-0.25, -0.2) is 13.1 Å². The second kappa shape index (κ2) is 9.27. The summed E-state index contributed by atoms with van der Waals surface area (Å²) in [5.74, 6) is 0.0693. The third-order valence-electron chi connectivity index (χ3n) is 4.59. The summed E-state index contributed by atoms with van der Waals surface area (Å²) in [5, 5.41) is 5.46. The molecule has 0 unspecified atom stereocenters. The molecule has 1 fully saturated rings. The zero-order chi connectivity index (χ0) is 21.7. The van der Waals surface area contributed by atoms with Crippen molar-refractivity contribution < 1.29 is 22.7 Å². The average Bonchev–Trinajstić information content (AvgIpc) is 3.51. The minimum Gasteiger partial charge on any atom is -0.497 e. The SMILES string of the molecule is COc1ccc(NC(C)=O)c(NC(=O)CCc2ccc(S(=O)(=O)NC3CC3)cc2)c1. The summed E-state index contributed by atoms with van der Waals surface area (Å²) in [5.41, 5.74) is 1.78. The average molecular weight is 432 g/mol. The summed E-state index contributed by atoms with van der Waals surface area (Å²) in [6.07, 6.45) is 2.40. The minimum atomic E-state index is -3.48. The molecule has 0 aromatic heterocycles. The number of carbonyl (C=O) groups is 2. The molecule has 160 valence electrons. The first-order valence-corrected chi connectivity index (χ1v) is 11.1. The summed E-state index contributed by atoms with van der Waals surface area (Å²) >= 11 is 0. The van der Waals surface area contributed by atoms with Crippen LogP contribution in [-0.2, 0) is 26.0 Å². The molecule has 3 N–H and O–H groups in total. The van der Waals surface area contributed by atoms with Crippen molar-refractivity contribution in [2.24, 2.45) is 0 Å². The van der Waals surface area contributed by atoms with E-state index in [-0.39, 0.29) is 29.2 Å². The molecular formula is C21H25N3O5S. The van der Waals surface area contributed by atoms with Crippen LogP contribution in [0.4, 0.5) is 11.4 Å². The maximum absolute atomic E-state index is 12.4. The summed E-state index contributed by atoms with van der Waals surface area (Å²) in [6.45, 7) is 1.39. The van der Waals surface area contributed by atoms with Gasteiger partial charge in [0.2, 0.25) is 21.8 Å². The zero-order valence-corrected chi connectivity index (χ0v) is 17.7. The molecule has 2 aromatic rings. The number of hydrogen-bond donors (Lipinski definition) is 3. The van der Waals surface area contributed by atoms with Gasteiger partial charge in [0.1, 0.15) is 5.75 Å². The molecule has 0 heterocycles. The van der Waals surface area contributed by atoms with E-state index in [1.54, 1.807) is 42.5 Å². The minimum absolute atomic E-state index is 0.0531. The highest BCUT2D eigenvalue weighted by atomic mass is 32.2. The predicted molar refractivity (Wildman–Crippen MR) is 114 cm³/mol. The van der Waals surface area contributed by atoms with Gasteiger partial charge in [0.05, 0.1) is 23.4 Å². The Labute approximate surface area is 176 Å². The van der Waals surface area contributed by atoms with Gasteiger partial charge in [0.25, 0.3) is 0 Å². The molecule has 1 aliphatic carbocycles. The van der Waals surface area contributed by atoms with Crippen molar-refractivity contribution in [3.8, 4) is 5.75 Å². The third-order valence-corrected chi connectivity index (χ3v) is 6.12. The Bertz CT molecular complexity index is 1030. The van der Waals surface area contributed by atoms with Crippen LogP contribution in [0.2, 0.25) is 0 Å². The van der Waals surface area contributed by atoms with E-state index in [4.69, 9.17) is 4.74 Å². The largest absolute Gasteiger partial charge is 0.497 e. The van der Waals surface area contributed by atoms with Gasteiger partial charge < -0.3 is 15.4 Å². The zero-order valence-electron chi connectivity index (χ0n) is 16.9. The first kappa shape index (κ1) is 21.8. The quantitative estimate of drug-likeness (QED) is 0.565. The maximum Gasteiger partial charge on any atom is 0.240 e. The van der Waals surface area contributed by atoms with Gasteiger partial charge in [-0.05, 0) is 49.1 Å². The highest BCUT2D eigenvalue weighted by Gasteiger charge is 2.27. The molecule has 30 heavy (non-hydrogen) atoms. The number of methoxy groups -OCH3 is 1.